The lowest BCUT2D eigenvalue weighted by Crippen LogP contribution is -2.17. The van der Waals surface area contributed by atoms with Crippen LogP contribution in [-0.2, 0) is 13.1 Å². The van der Waals surface area contributed by atoms with Crippen molar-refractivity contribution in [2.45, 2.75) is 20.0 Å². The zero-order chi connectivity index (χ0) is 13.9. The van der Waals surface area contributed by atoms with Gasteiger partial charge in [-0.1, -0.05) is 24.3 Å². The van der Waals surface area contributed by atoms with E-state index in [1.807, 2.05) is 17.6 Å². The Morgan fingerprint density at radius 3 is 2.75 bits per heavy atom. The number of para-hydroxylation sites is 1. The molecular formula is C16H17N3S. The Labute approximate surface area is 122 Å². The van der Waals surface area contributed by atoms with Gasteiger partial charge in [0.05, 0.1) is 22.4 Å². The maximum absolute atomic E-state index is 4.71. The second kappa shape index (κ2) is 5.69. The van der Waals surface area contributed by atoms with E-state index in [2.05, 4.69) is 48.1 Å². The molecule has 0 aliphatic carbocycles. The number of nitrogens with zero attached hydrogens (tertiary/aromatic N) is 3. The molecule has 0 atom stereocenters. The van der Waals surface area contributed by atoms with Crippen molar-refractivity contribution < 1.29 is 0 Å². The number of hydrogen-bond donors (Lipinski definition) is 0. The quantitative estimate of drug-likeness (QED) is 0.732. The van der Waals surface area contributed by atoms with Gasteiger partial charge in [0, 0.05) is 23.4 Å². The Morgan fingerprint density at radius 1 is 1.10 bits per heavy atom. The highest BCUT2D eigenvalue weighted by molar-refractivity contribution is 7.09. The average Bonchev–Trinajstić information content (AvgIpc) is 2.84. The van der Waals surface area contributed by atoms with Gasteiger partial charge in [-0.05, 0) is 26.1 Å². The second-order valence-electron chi connectivity index (χ2n) is 5.03. The molecular weight excluding hydrogens is 266 g/mol. The van der Waals surface area contributed by atoms with Gasteiger partial charge in [0.15, 0.2) is 0 Å². The maximum Gasteiger partial charge on any atom is 0.0798 e. The van der Waals surface area contributed by atoms with Crippen LogP contribution in [0, 0.1) is 6.92 Å². The van der Waals surface area contributed by atoms with E-state index in [0.29, 0.717) is 0 Å². The van der Waals surface area contributed by atoms with E-state index in [4.69, 9.17) is 4.98 Å². The van der Waals surface area contributed by atoms with Crippen LogP contribution in [0.3, 0.4) is 0 Å². The van der Waals surface area contributed by atoms with Crippen molar-refractivity contribution in [3.63, 3.8) is 0 Å². The van der Waals surface area contributed by atoms with Crippen molar-refractivity contribution in [3.8, 4) is 0 Å². The minimum atomic E-state index is 0.849. The third-order valence-corrected chi connectivity index (χ3v) is 4.27. The summed E-state index contributed by atoms with van der Waals surface area (Å²) in [6.07, 6.45) is 0. The van der Waals surface area contributed by atoms with Gasteiger partial charge < -0.3 is 0 Å². The number of aromatic nitrogens is 2. The van der Waals surface area contributed by atoms with Crippen molar-refractivity contribution in [2.24, 2.45) is 0 Å². The lowest BCUT2D eigenvalue weighted by Gasteiger charge is -2.15. The summed E-state index contributed by atoms with van der Waals surface area (Å²) in [6, 6.07) is 12.5. The molecule has 0 radical (unpaired) electrons. The maximum atomic E-state index is 4.71. The molecule has 0 amide bonds. The third-order valence-electron chi connectivity index (χ3n) is 3.35. The van der Waals surface area contributed by atoms with Gasteiger partial charge in [0.25, 0.3) is 0 Å². The summed E-state index contributed by atoms with van der Waals surface area (Å²) in [4.78, 5) is 12.6. The van der Waals surface area contributed by atoms with Gasteiger partial charge in [0.2, 0.25) is 0 Å². The highest BCUT2D eigenvalue weighted by Gasteiger charge is 2.07. The molecule has 0 bridgehead atoms. The molecule has 2 aromatic heterocycles. The second-order valence-corrected chi connectivity index (χ2v) is 5.97. The molecule has 4 heteroatoms. The molecule has 0 aliphatic rings. The van der Waals surface area contributed by atoms with Crippen LogP contribution in [0.4, 0.5) is 0 Å². The molecule has 0 aliphatic heterocycles. The average molecular weight is 283 g/mol. The minimum Gasteiger partial charge on any atom is -0.295 e. The van der Waals surface area contributed by atoms with Gasteiger partial charge in [-0.25, -0.2) is 4.98 Å². The third kappa shape index (κ3) is 2.86. The monoisotopic (exact) mass is 283 g/mol. The first-order valence-electron chi connectivity index (χ1n) is 6.64. The first-order chi connectivity index (χ1) is 9.72. The van der Waals surface area contributed by atoms with Crippen LogP contribution in [0.2, 0.25) is 0 Å². The number of thiazole rings is 1. The van der Waals surface area contributed by atoms with E-state index < -0.39 is 0 Å². The van der Waals surface area contributed by atoms with Crippen LogP contribution in [0.1, 0.15) is 16.3 Å². The Hall–Kier alpha value is -1.78. The SMILES string of the molecule is Cc1ncsc1CN(C)Cc1ccc2ccccc2n1. The smallest absolute Gasteiger partial charge is 0.0798 e. The predicted molar refractivity (Wildman–Crippen MR) is 83.8 cm³/mol. The molecule has 0 N–H and O–H groups in total. The highest BCUT2D eigenvalue weighted by Crippen LogP contribution is 2.16. The van der Waals surface area contributed by atoms with Crippen LogP contribution in [0.25, 0.3) is 10.9 Å². The summed E-state index contributed by atoms with van der Waals surface area (Å²) in [5.74, 6) is 0. The zero-order valence-corrected chi connectivity index (χ0v) is 12.5. The lowest BCUT2D eigenvalue weighted by atomic mass is 10.2. The van der Waals surface area contributed by atoms with Gasteiger partial charge in [-0.3, -0.25) is 9.88 Å². The zero-order valence-electron chi connectivity index (χ0n) is 11.7. The highest BCUT2D eigenvalue weighted by atomic mass is 32.1. The topological polar surface area (TPSA) is 29.0 Å². The van der Waals surface area contributed by atoms with E-state index in [-0.39, 0.29) is 0 Å². The number of pyridine rings is 1. The Morgan fingerprint density at radius 2 is 1.95 bits per heavy atom. The van der Waals surface area contributed by atoms with Crippen LogP contribution in [0.5, 0.6) is 0 Å². The van der Waals surface area contributed by atoms with E-state index in [1.54, 1.807) is 11.3 Å². The van der Waals surface area contributed by atoms with Gasteiger partial charge in [0.1, 0.15) is 0 Å². The molecule has 1 aromatic carbocycles. The normalized spacial score (nSPS) is 11.3. The minimum absolute atomic E-state index is 0.849. The standard InChI is InChI=1S/C16H17N3S/c1-12-16(20-11-17-12)10-19(2)9-14-8-7-13-5-3-4-6-15(13)18-14/h3-8,11H,9-10H2,1-2H3. The molecule has 0 spiro atoms. The molecule has 2 heterocycles. The van der Waals surface area contributed by atoms with Crippen molar-refractivity contribution >= 4 is 22.2 Å². The van der Waals surface area contributed by atoms with Crippen molar-refractivity contribution in [1.29, 1.82) is 0 Å². The molecule has 0 fully saturated rings. The fourth-order valence-electron chi connectivity index (χ4n) is 2.25. The van der Waals surface area contributed by atoms with Gasteiger partial charge in [-0.2, -0.15) is 0 Å². The fourth-order valence-corrected chi connectivity index (χ4v) is 3.11. The number of hydrogen-bond acceptors (Lipinski definition) is 4. The van der Waals surface area contributed by atoms with E-state index in [1.165, 1.54) is 10.3 Å². The summed E-state index contributed by atoms with van der Waals surface area (Å²) in [5.41, 5.74) is 5.21. The summed E-state index contributed by atoms with van der Waals surface area (Å²) in [6.45, 7) is 3.83. The molecule has 0 unspecified atom stereocenters. The van der Waals surface area contributed by atoms with Crippen molar-refractivity contribution in [3.05, 3.63) is 58.2 Å². The first-order valence-corrected chi connectivity index (χ1v) is 7.52. The molecule has 20 heavy (non-hydrogen) atoms. The van der Waals surface area contributed by atoms with Crippen LogP contribution in [0.15, 0.2) is 41.9 Å². The van der Waals surface area contributed by atoms with E-state index >= 15 is 0 Å². The lowest BCUT2D eigenvalue weighted by molar-refractivity contribution is 0.317. The Bertz CT molecular complexity index is 720. The number of rotatable bonds is 4. The van der Waals surface area contributed by atoms with Gasteiger partial charge >= 0.3 is 0 Å². The summed E-state index contributed by atoms with van der Waals surface area (Å²) >= 11 is 1.72. The summed E-state index contributed by atoms with van der Waals surface area (Å²) < 4.78 is 0. The molecule has 3 nitrogen and oxygen atoms in total. The van der Waals surface area contributed by atoms with Crippen LogP contribution >= 0.6 is 11.3 Å². The van der Waals surface area contributed by atoms with Crippen molar-refractivity contribution in [2.75, 3.05) is 7.05 Å². The predicted octanol–water partition coefficient (Wildman–Crippen LogP) is 3.63. The Balaban J connectivity index is 1.74. The number of benzene rings is 1. The molecule has 0 saturated carbocycles. The molecule has 3 rings (SSSR count). The van der Waals surface area contributed by atoms with Crippen LogP contribution < -0.4 is 0 Å². The number of fused-ring (bicyclic) bond motifs is 1. The van der Waals surface area contributed by atoms with Gasteiger partial charge in [-0.15, -0.1) is 11.3 Å². The molecule has 3 aromatic rings. The number of aryl methyl sites for hydroxylation is 1. The largest absolute Gasteiger partial charge is 0.295 e. The first kappa shape index (κ1) is 13.2. The molecule has 102 valence electrons. The van der Waals surface area contributed by atoms with E-state index in [0.717, 1.165) is 30.0 Å². The summed E-state index contributed by atoms with van der Waals surface area (Å²) in [7, 11) is 2.12. The van der Waals surface area contributed by atoms with Crippen LogP contribution in [-0.4, -0.2) is 21.9 Å². The summed E-state index contributed by atoms with van der Waals surface area (Å²) in [5, 5.41) is 1.19. The van der Waals surface area contributed by atoms with Crippen molar-refractivity contribution in [1.82, 2.24) is 14.9 Å². The Kier molecular flexibility index (Phi) is 3.76. The van der Waals surface area contributed by atoms with E-state index in [9.17, 15) is 0 Å². The fraction of sp³-hybridized carbons (Fsp3) is 0.250. The molecule has 0 saturated heterocycles.